The highest BCUT2D eigenvalue weighted by Gasteiger charge is 2.32. The van der Waals surface area contributed by atoms with Gasteiger partial charge in [-0.05, 0) is 18.6 Å². The van der Waals surface area contributed by atoms with Gasteiger partial charge in [-0.3, -0.25) is 4.79 Å². The smallest absolute Gasteiger partial charge is 0.257 e. The van der Waals surface area contributed by atoms with Crippen LogP contribution in [0.1, 0.15) is 23.0 Å². The lowest BCUT2D eigenvalue weighted by atomic mass is 10.1. The molecular weight excluding hydrogens is 400 g/mol. The zero-order valence-corrected chi connectivity index (χ0v) is 16.8. The monoisotopic (exact) mass is 418 g/mol. The van der Waals surface area contributed by atoms with Crippen molar-refractivity contribution in [3.8, 4) is 0 Å². The third kappa shape index (κ3) is 3.25. The molecule has 3 aromatic rings. The molecular formula is C17H18N6O3S2. The first-order valence-electron chi connectivity index (χ1n) is 8.82. The second-order valence-electron chi connectivity index (χ2n) is 6.32. The number of piperazine rings is 1. The number of fused-ring (bicyclic) bond motifs is 1. The average molecular weight is 419 g/mol. The maximum Gasteiger partial charge on any atom is 0.257 e. The lowest BCUT2D eigenvalue weighted by molar-refractivity contribution is 0.0696. The summed E-state index contributed by atoms with van der Waals surface area (Å²) in [5, 5.41) is 0. The van der Waals surface area contributed by atoms with Crippen LogP contribution in [0, 0.1) is 0 Å². The molecule has 1 aliphatic rings. The fraction of sp³-hybridized carbons (Fsp3) is 0.353. The minimum absolute atomic E-state index is 0.156. The van der Waals surface area contributed by atoms with Crippen molar-refractivity contribution >= 4 is 38.7 Å². The molecule has 0 N–H and O–H groups in total. The van der Waals surface area contributed by atoms with E-state index in [2.05, 4.69) is 18.7 Å². The summed E-state index contributed by atoms with van der Waals surface area (Å²) in [7, 11) is -3.71. The molecule has 1 aromatic carbocycles. The van der Waals surface area contributed by atoms with Crippen LogP contribution in [0.4, 0.5) is 0 Å². The molecule has 0 atom stereocenters. The summed E-state index contributed by atoms with van der Waals surface area (Å²) < 4.78 is 35.8. The summed E-state index contributed by atoms with van der Waals surface area (Å²) in [4.78, 5) is 22.7. The molecule has 1 amide bonds. The van der Waals surface area contributed by atoms with Gasteiger partial charge in [-0.15, -0.1) is 0 Å². The van der Waals surface area contributed by atoms with Crippen LogP contribution in [0.2, 0.25) is 0 Å². The maximum atomic E-state index is 13.1. The summed E-state index contributed by atoms with van der Waals surface area (Å²) in [6.45, 7) is 2.98. The van der Waals surface area contributed by atoms with Gasteiger partial charge in [-0.2, -0.15) is 13.1 Å². The summed E-state index contributed by atoms with van der Waals surface area (Å²) in [6, 6.07) is 4.95. The van der Waals surface area contributed by atoms with Crippen LogP contribution in [-0.4, -0.2) is 68.4 Å². The van der Waals surface area contributed by atoms with Gasteiger partial charge in [0.2, 0.25) is 10.0 Å². The molecule has 0 unspecified atom stereocenters. The Bertz CT molecular complexity index is 1120. The fourth-order valence-electron chi connectivity index (χ4n) is 3.25. The van der Waals surface area contributed by atoms with Crippen molar-refractivity contribution in [2.45, 2.75) is 18.2 Å². The van der Waals surface area contributed by atoms with E-state index in [1.165, 1.54) is 16.8 Å². The van der Waals surface area contributed by atoms with Gasteiger partial charge in [0.25, 0.3) is 5.91 Å². The number of hydrogen-bond donors (Lipinski definition) is 0. The van der Waals surface area contributed by atoms with Crippen molar-refractivity contribution in [2.24, 2.45) is 0 Å². The second-order valence-corrected chi connectivity index (χ2v) is 8.76. The van der Waals surface area contributed by atoms with Gasteiger partial charge in [-0.25, -0.2) is 18.4 Å². The quantitative estimate of drug-likeness (QED) is 0.626. The van der Waals surface area contributed by atoms with Gasteiger partial charge in [0.1, 0.15) is 22.3 Å². The minimum Gasteiger partial charge on any atom is -0.336 e. The highest BCUT2D eigenvalue weighted by Crippen LogP contribution is 2.25. The molecule has 3 heterocycles. The highest BCUT2D eigenvalue weighted by molar-refractivity contribution is 7.89. The van der Waals surface area contributed by atoms with Crippen LogP contribution in [-0.2, 0) is 16.4 Å². The van der Waals surface area contributed by atoms with Crippen molar-refractivity contribution in [2.75, 3.05) is 26.2 Å². The SMILES string of the molecule is CCc1ncncc1C(=O)N1CCN(S(=O)(=O)c2cccc3nsnc23)CC1. The van der Waals surface area contributed by atoms with E-state index in [1.807, 2.05) is 6.92 Å². The molecule has 0 radical (unpaired) electrons. The first kappa shape index (κ1) is 18.8. The molecule has 0 saturated carbocycles. The molecule has 4 rings (SSSR count). The van der Waals surface area contributed by atoms with Crippen molar-refractivity contribution in [3.05, 3.63) is 42.0 Å². The third-order valence-corrected chi connectivity index (χ3v) is 7.23. The van der Waals surface area contributed by atoms with E-state index in [1.54, 1.807) is 23.1 Å². The summed E-state index contributed by atoms with van der Waals surface area (Å²) in [5.74, 6) is -0.166. The number of carbonyl (C=O) groups is 1. The first-order valence-corrected chi connectivity index (χ1v) is 11.0. The zero-order valence-electron chi connectivity index (χ0n) is 15.1. The number of rotatable bonds is 4. The maximum absolute atomic E-state index is 13.1. The number of amides is 1. The Balaban J connectivity index is 1.52. The van der Waals surface area contributed by atoms with Gasteiger partial charge >= 0.3 is 0 Å². The molecule has 2 aromatic heterocycles. The van der Waals surface area contributed by atoms with E-state index in [4.69, 9.17) is 0 Å². The number of carbonyl (C=O) groups excluding carboxylic acids is 1. The van der Waals surface area contributed by atoms with E-state index in [-0.39, 0.29) is 23.9 Å². The number of aryl methyl sites for hydroxylation is 1. The van der Waals surface area contributed by atoms with Gasteiger partial charge in [0.15, 0.2) is 0 Å². The van der Waals surface area contributed by atoms with Gasteiger partial charge in [0.05, 0.1) is 23.0 Å². The predicted molar refractivity (Wildman–Crippen MR) is 103 cm³/mol. The molecule has 1 aliphatic heterocycles. The lowest BCUT2D eigenvalue weighted by Crippen LogP contribution is -2.50. The van der Waals surface area contributed by atoms with Crippen LogP contribution in [0.15, 0.2) is 35.6 Å². The molecule has 0 bridgehead atoms. The van der Waals surface area contributed by atoms with Crippen LogP contribution in [0.5, 0.6) is 0 Å². The van der Waals surface area contributed by atoms with E-state index in [9.17, 15) is 13.2 Å². The lowest BCUT2D eigenvalue weighted by Gasteiger charge is -2.34. The van der Waals surface area contributed by atoms with Crippen LogP contribution in [0.25, 0.3) is 11.0 Å². The summed E-state index contributed by atoms with van der Waals surface area (Å²) in [6.07, 6.45) is 3.57. The normalized spacial score (nSPS) is 15.8. The molecule has 1 fully saturated rings. The molecule has 146 valence electrons. The average Bonchev–Trinajstić information content (AvgIpc) is 3.22. The number of benzene rings is 1. The Morgan fingerprint density at radius 3 is 2.71 bits per heavy atom. The summed E-state index contributed by atoms with van der Waals surface area (Å²) in [5.41, 5.74) is 2.12. The number of hydrogen-bond acceptors (Lipinski definition) is 8. The second kappa shape index (κ2) is 7.49. The minimum atomic E-state index is -3.71. The number of aromatic nitrogens is 4. The summed E-state index contributed by atoms with van der Waals surface area (Å²) >= 11 is 0.987. The molecule has 28 heavy (non-hydrogen) atoms. The van der Waals surface area contributed by atoms with Crippen LogP contribution < -0.4 is 0 Å². The Labute approximate surface area is 166 Å². The van der Waals surface area contributed by atoms with Gasteiger partial charge in [0, 0.05) is 32.4 Å². The molecule has 1 saturated heterocycles. The number of nitrogens with zero attached hydrogens (tertiary/aromatic N) is 6. The Hall–Kier alpha value is -2.50. The molecule has 9 nitrogen and oxygen atoms in total. The predicted octanol–water partition coefficient (Wildman–Crippen LogP) is 1.19. The molecule has 0 spiro atoms. The molecule has 11 heteroatoms. The van der Waals surface area contributed by atoms with Crippen molar-refractivity contribution in [1.29, 1.82) is 0 Å². The van der Waals surface area contributed by atoms with Gasteiger partial charge < -0.3 is 4.90 Å². The zero-order chi connectivity index (χ0) is 19.7. The Morgan fingerprint density at radius 2 is 1.96 bits per heavy atom. The standard InChI is InChI=1S/C17H18N6O3S2/c1-2-13-12(10-18-11-19-13)17(24)22-6-8-23(9-7-22)28(25,26)15-5-3-4-14-16(15)21-27-20-14/h3-5,10-11H,2,6-9H2,1H3. The Morgan fingerprint density at radius 1 is 1.18 bits per heavy atom. The molecule has 0 aliphatic carbocycles. The van der Waals surface area contributed by atoms with E-state index in [0.717, 1.165) is 11.7 Å². The van der Waals surface area contributed by atoms with E-state index in [0.29, 0.717) is 41.8 Å². The van der Waals surface area contributed by atoms with E-state index < -0.39 is 10.0 Å². The Kier molecular flexibility index (Phi) is 5.04. The van der Waals surface area contributed by atoms with E-state index >= 15 is 0 Å². The van der Waals surface area contributed by atoms with Crippen molar-refractivity contribution in [1.82, 2.24) is 27.9 Å². The van der Waals surface area contributed by atoms with Crippen molar-refractivity contribution < 1.29 is 13.2 Å². The fourth-order valence-corrected chi connectivity index (χ4v) is 5.42. The first-order chi connectivity index (χ1) is 13.5. The van der Waals surface area contributed by atoms with Crippen molar-refractivity contribution in [3.63, 3.8) is 0 Å². The van der Waals surface area contributed by atoms with Crippen LogP contribution in [0.3, 0.4) is 0 Å². The van der Waals surface area contributed by atoms with Gasteiger partial charge in [-0.1, -0.05) is 13.0 Å². The largest absolute Gasteiger partial charge is 0.336 e. The topological polar surface area (TPSA) is 109 Å². The number of sulfonamides is 1. The third-order valence-electron chi connectivity index (χ3n) is 4.75. The highest BCUT2D eigenvalue weighted by atomic mass is 32.2. The van der Waals surface area contributed by atoms with Crippen LogP contribution >= 0.6 is 11.7 Å².